The quantitative estimate of drug-likeness (QED) is 0.452. The first kappa shape index (κ1) is 23.7. The molecule has 5 heteroatoms. The number of carbonyl (C=O) groups excluding carboxylic acids is 2. The van der Waals surface area contributed by atoms with Gasteiger partial charge in [-0.3, -0.25) is 9.59 Å². The number of nitrogens with one attached hydrogen (secondary N) is 1. The second kappa shape index (κ2) is 11.6. The van der Waals surface area contributed by atoms with Crippen molar-refractivity contribution >= 4 is 27.7 Å². The standard InChI is InChI=1S/C27H29BrN2O2/c1-3-29-27(32)25(17-21-8-5-4-6-9-21)30(19-23-10-7-11-24(28)16-23)26(31)18-22-14-12-20(2)13-15-22/h4-16,25H,3,17-19H2,1-2H3,(H,29,32). The molecule has 2 amide bonds. The summed E-state index contributed by atoms with van der Waals surface area (Å²) in [6, 6.07) is 25.1. The van der Waals surface area contributed by atoms with Crippen molar-refractivity contribution in [3.8, 4) is 0 Å². The molecule has 0 radical (unpaired) electrons. The molecule has 1 atom stereocenters. The maximum absolute atomic E-state index is 13.6. The van der Waals surface area contributed by atoms with Gasteiger partial charge in [0.25, 0.3) is 0 Å². The van der Waals surface area contributed by atoms with E-state index >= 15 is 0 Å². The Labute approximate surface area is 198 Å². The van der Waals surface area contributed by atoms with Gasteiger partial charge >= 0.3 is 0 Å². The van der Waals surface area contributed by atoms with Gasteiger partial charge in [-0.25, -0.2) is 0 Å². The summed E-state index contributed by atoms with van der Waals surface area (Å²) in [7, 11) is 0. The van der Waals surface area contributed by atoms with E-state index in [1.165, 1.54) is 0 Å². The number of likely N-dealkylation sites (N-methyl/N-ethyl adjacent to an activating group) is 1. The van der Waals surface area contributed by atoms with Gasteiger partial charge in [0, 0.05) is 24.0 Å². The first-order valence-electron chi connectivity index (χ1n) is 10.9. The van der Waals surface area contributed by atoms with Crippen molar-refractivity contribution in [2.24, 2.45) is 0 Å². The Kier molecular flexibility index (Phi) is 8.63. The Balaban J connectivity index is 1.94. The summed E-state index contributed by atoms with van der Waals surface area (Å²) in [4.78, 5) is 28.4. The number of amides is 2. The molecule has 3 aromatic rings. The van der Waals surface area contributed by atoms with Crippen LogP contribution in [0.3, 0.4) is 0 Å². The Morgan fingerprint density at radius 1 is 0.906 bits per heavy atom. The van der Waals surface area contributed by atoms with E-state index in [1.54, 1.807) is 4.90 Å². The van der Waals surface area contributed by atoms with Gasteiger partial charge in [-0.2, -0.15) is 0 Å². The molecule has 0 fully saturated rings. The van der Waals surface area contributed by atoms with E-state index in [0.717, 1.165) is 26.7 Å². The Morgan fingerprint density at radius 3 is 2.25 bits per heavy atom. The molecule has 0 bridgehead atoms. The number of halogens is 1. The summed E-state index contributed by atoms with van der Waals surface area (Å²) in [6.45, 7) is 4.79. The van der Waals surface area contributed by atoms with Crippen molar-refractivity contribution in [1.29, 1.82) is 0 Å². The SMILES string of the molecule is CCNC(=O)C(Cc1ccccc1)N(Cc1cccc(Br)c1)C(=O)Cc1ccc(C)cc1. The maximum atomic E-state index is 13.6. The fraction of sp³-hybridized carbons (Fsp3) is 0.259. The average molecular weight is 493 g/mol. The third kappa shape index (κ3) is 6.79. The third-order valence-corrected chi connectivity index (χ3v) is 5.83. The van der Waals surface area contributed by atoms with Gasteiger partial charge in [-0.05, 0) is 42.7 Å². The highest BCUT2D eigenvalue weighted by atomic mass is 79.9. The number of nitrogens with zero attached hydrogens (tertiary/aromatic N) is 1. The third-order valence-electron chi connectivity index (χ3n) is 5.34. The molecule has 166 valence electrons. The lowest BCUT2D eigenvalue weighted by Crippen LogP contribution is -2.50. The largest absolute Gasteiger partial charge is 0.355 e. The van der Waals surface area contributed by atoms with E-state index in [2.05, 4.69) is 21.2 Å². The van der Waals surface area contributed by atoms with Crippen LogP contribution in [-0.2, 0) is 29.0 Å². The molecule has 0 saturated carbocycles. The Hall–Kier alpha value is -2.92. The molecule has 1 N–H and O–H groups in total. The van der Waals surface area contributed by atoms with Crippen LogP contribution in [0.15, 0.2) is 83.3 Å². The Bertz CT molecular complexity index is 1040. The van der Waals surface area contributed by atoms with Crippen LogP contribution in [0.2, 0.25) is 0 Å². The van der Waals surface area contributed by atoms with Gasteiger partial charge in [-0.1, -0.05) is 88.2 Å². The van der Waals surface area contributed by atoms with Gasteiger partial charge < -0.3 is 10.2 Å². The number of hydrogen-bond donors (Lipinski definition) is 1. The topological polar surface area (TPSA) is 49.4 Å². The number of hydrogen-bond acceptors (Lipinski definition) is 2. The first-order chi connectivity index (χ1) is 15.5. The van der Waals surface area contributed by atoms with Crippen LogP contribution < -0.4 is 5.32 Å². The zero-order chi connectivity index (χ0) is 22.9. The first-order valence-corrected chi connectivity index (χ1v) is 11.7. The minimum absolute atomic E-state index is 0.0685. The predicted octanol–water partition coefficient (Wildman–Crippen LogP) is 5.08. The monoisotopic (exact) mass is 492 g/mol. The van der Waals surface area contributed by atoms with Crippen molar-refractivity contribution in [3.63, 3.8) is 0 Å². The molecular weight excluding hydrogens is 464 g/mol. The molecule has 0 spiro atoms. The summed E-state index contributed by atoms with van der Waals surface area (Å²) >= 11 is 3.51. The average Bonchev–Trinajstić information content (AvgIpc) is 2.78. The van der Waals surface area contributed by atoms with Gasteiger partial charge in [0.05, 0.1) is 6.42 Å². The number of carbonyl (C=O) groups is 2. The van der Waals surface area contributed by atoms with Crippen molar-refractivity contribution in [2.75, 3.05) is 6.54 Å². The minimum Gasteiger partial charge on any atom is -0.355 e. The van der Waals surface area contributed by atoms with Crippen LogP contribution in [0.4, 0.5) is 0 Å². The van der Waals surface area contributed by atoms with E-state index in [9.17, 15) is 9.59 Å². The van der Waals surface area contributed by atoms with Crippen LogP contribution in [0.25, 0.3) is 0 Å². The normalized spacial score (nSPS) is 11.6. The summed E-state index contributed by atoms with van der Waals surface area (Å²) in [6.07, 6.45) is 0.708. The zero-order valence-corrected chi connectivity index (χ0v) is 20.1. The van der Waals surface area contributed by atoms with Crippen LogP contribution in [-0.4, -0.2) is 29.3 Å². The highest BCUT2D eigenvalue weighted by molar-refractivity contribution is 9.10. The van der Waals surface area contributed by atoms with E-state index in [4.69, 9.17) is 0 Å². The lowest BCUT2D eigenvalue weighted by Gasteiger charge is -2.31. The van der Waals surface area contributed by atoms with Crippen molar-refractivity contribution in [1.82, 2.24) is 10.2 Å². The molecule has 0 aliphatic rings. The van der Waals surface area contributed by atoms with Crippen molar-refractivity contribution in [3.05, 3.63) is 106 Å². The lowest BCUT2D eigenvalue weighted by molar-refractivity contribution is -0.140. The molecule has 3 rings (SSSR count). The fourth-order valence-electron chi connectivity index (χ4n) is 3.66. The zero-order valence-electron chi connectivity index (χ0n) is 18.6. The van der Waals surface area contributed by atoms with E-state index in [1.807, 2.05) is 92.7 Å². The molecule has 4 nitrogen and oxygen atoms in total. The molecule has 0 aliphatic carbocycles. The van der Waals surface area contributed by atoms with E-state index < -0.39 is 6.04 Å². The van der Waals surface area contributed by atoms with Crippen LogP contribution >= 0.6 is 15.9 Å². The maximum Gasteiger partial charge on any atom is 0.243 e. The van der Waals surface area contributed by atoms with E-state index in [0.29, 0.717) is 19.5 Å². The predicted molar refractivity (Wildman–Crippen MR) is 132 cm³/mol. The summed E-state index contributed by atoms with van der Waals surface area (Å²) in [5.74, 6) is -0.204. The fourth-order valence-corrected chi connectivity index (χ4v) is 4.11. The second-order valence-electron chi connectivity index (χ2n) is 7.91. The number of aryl methyl sites for hydroxylation is 1. The summed E-state index contributed by atoms with van der Waals surface area (Å²) in [5.41, 5.74) is 4.08. The highest BCUT2D eigenvalue weighted by Gasteiger charge is 2.30. The molecule has 1 unspecified atom stereocenters. The minimum atomic E-state index is -0.603. The van der Waals surface area contributed by atoms with Crippen LogP contribution in [0, 0.1) is 6.92 Å². The molecule has 0 aliphatic heterocycles. The number of rotatable bonds is 9. The van der Waals surface area contributed by atoms with Crippen LogP contribution in [0.5, 0.6) is 0 Å². The summed E-state index contributed by atoms with van der Waals surface area (Å²) in [5, 5.41) is 2.93. The molecule has 32 heavy (non-hydrogen) atoms. The van der Waals surface area contributed by atoms with Gasteiger partial charge in [0.15, 0.2) is 0 Å². The van der Waals surface area contributed by atoms with Crippen LogP contribution in [0.1, 0.15) is 29.2 Å². The van der Waals surface area contributed by atoms with E-state index in [-0.39, 0.29) is 18.2 Å². The second-order valence-corrected chi connectivity index (χ2v) is 8.83. The molecule has 0 saturated heterocycles. The van der Waals surface area contributed by atoms with Crippen molar-refractivity contribution in [2.45, 2.75) is 39.3 Å². The summed E-state index contributed by atoms with van der Waals surface area (Å²) < 4.78 is 0.943. The highest BCUT2D eigenvalue weighted by Crippen LogP contribution is 2.19. The molecule has 0 aromatic heterocycles. The van der Waals surface area contributed by atoms with Gasteiger partial charge in [0.1, 0.15) is 6.04 Å². The lowest BCUT2D eigenvalue weighted by atomic mass is 10.0. The van der Waals surface area contributed by atoms with Gasteiger partial charge in [0.2, 0.25) is 11.8 Å². The number of benzene rings is 3. The molecule has 3 aromatic carbocycles. The Morgan fingerprint density at radius 2 is 1.59 bits per heavy atom. The van der Waals surface area contributed by atoms with Gasteiger partial charge in [-0.15, -0.1) is 0 Å². The van der Waals surface area contributed by atoms with Crippen molar-refractivity contribution < 1.29 is 9.59 Å². The smallest absolute Gasteiger partial charge is 0.243 e. The molecular formula is C27H29BrN2O2. The molecule has 0 heterocycles.